The van der Waals surface area contributed by atoms with Crippen molar-refractivity contribution in [2.24, 2.45) is 0 Å². The molecule has 144 valence electrons. The van der Waals surface area contributed by atoms with Crippen molar-refractivity contribution in [2.75, 3.05) is 11.9 Å². The van der Waals surface area contributed by atoms with Crippen LogP contribution >= 0.6 is 0 Å². The number of anilines is 1. The number of nitrogens with one attached hydrogen (secondary N) is 1. The SMILES string of the molecule is CCOC(=O)c1ccc(NC(=O)/C(C#N)=C/c2ccc(C(C)(C)C)cc2)cc1. The van der Waals surface area contributed by atoms with Gasteiger partial charge in [0.25, 0.3) is 5.91 Å². The quantitative estimate of drug-likeness (QED) is 0.466. The molecule has 0 radical (unpaired) electrons. The molecule has 0 bridgehead atoms. The molecule has 5 heteroatoms. The highest BCUT2D eigenvalue weighted by molar-refractivity contribution is 6.09. The summed E-state index contributed by atoms with van der Waals surface area (Å²) < 4.78 is 4.92. The second-order valence-electron chi connectivity index (χ2n) is 7.29. The van der Waals surface area contributed by atoms with Crippen molar-refractivity contribution >= 4 is 23.6 Å². The van der Waals surface area contributed by atoms with Gasteiger partial charge < -0.3 is 10.1 Å². The highest BCUT2D eigenvalue weighted by atomic mass is 16.5. The van der Waals surface area contributed by atoms with Crippen LogP contribution in [0, 0.1) is 11.3 Å². The Labute approximate surface area is 165 Å². The first-order valence-electron chi connectivity index (χ1n) is 9.05. The maximum absolute atomic E-state index is 12.4. The van der Waals surface area contributed by atoms with E-state index in [0.29, 0.717) is 17.9 Å². The van der Waals surface area contributed by atoms with E-state index < -0.39 is 11.9 Å². The van der Waals surface area contributed by atoms with Gasteiger partial charge in [0.15, 0.2) is 0 Å². The van der Waals surface area contributed by atoms with Crippen LogP contribution in [0.3, 0.4) is 0 Å². The molecular formula is C23H24N2O3. The van der Waals surface area contributed by atoms with Gasteiger partial charge in [0, 0.05) is 5.69 Å². The second-order valence-corrected chi connectivity index (χ2v) is 7.29. The lowest BCUT2D eigenvalue weighted by molar-refractivity contribution is -0.112. The molecule has 0 heterocycles. The first-order valence-corrected chi connectivity index (χ1v) is 9.05. The summed E-state index contributed by atoms with van der Waals surface area (Å²) in [6.45, 7) is 8.40. The van der Waals surface area contributed by atoms with Crippen LogP contribution in [0.4, 0.5) is 5.69 Å². The van der Waals surface area contributed by atoms with E-state index in [-0.39, 0.29) is 11.0 Å². The third-order valence-electron chi connectivity index (χ3n) is 4.11. The number of hydrogen-bond acceptors (Lipinski definition) is 4. The third kappa shape index (κ3) is 5.55. The van der Waals surface area contributed by atoms with Crippen molar-refractivity contribution in [3.05, 3.63) is 70.8 Å². The average molecular weight is 376 g/mol. The van der Waals surface area contributed by atoms with Crippen LogP contribution < -0.4 is 5.32 Å². The summed E-state index contributed by atoms with van der Waals surface area (Å²) in [4.78, 5) is 24.1. The number of ether oxygens (including phenoxy) is 1. The van der Waals surface area contributed by atoms with Crippen molar-refractivity contribution in [3.8, 4) is 6.07 Å². The van der Waals surface area contributed by atoms with E-state index in [4.69, 9.17) is 4.74 Å². The Hall–Kier alpha value is -3.39. The standard InChI is InChI=1S/C23H24N2O3/c1-5-28-22(27)17-8-12-20(13-9-17)25-21(26)18(15-24)14-16-6-10-19(11-7-16)23(2,3)4/h6-14H,5H2,1-4H3,(H,25,26)/b18-14+. The molecular weight excluding hydrogens is 352 g/mol. The molecule has 2 rings (SSSR count). The molecule has 0 aliphatic carbocycles. The highest BCUT2D eigenvalue weighted by Gasteiger charge is 2.14. The molecule has 0 spiro atoms. The van der Waals surface area contributed by atoms with Gasteiger partial charge in [0.2, 0.25) is 0 Å². The van der Waals surface area contributed by atoms with Gasteiger partial charge in [-0.15, -0.1) is 0 Å². The van der Waals surface area contributed by atoms with Gasteiger partial charge >= 0.3 is 5.97 Å². The lowest BCUT2D eigenvalue weighted by atomic mass is 9.86. The van der Waals surface area contributed by atoms with Gasteiger partial charge in [-0.25, -0.2) is 4.79 Å². The van der Waals surface area contributed by atoms with E-state index in [1.54, 1.807) is 37.3 Å². The average Bonchev–Trinajstić information content (AvgIpc) is 2.66. The zero-order chi connectivity index (χ0) is 20.7. The van der Waals surface area contributed by atoms with Gasteiger partial charge in [-0.3, -0.25) is 4.79 Å². The summed E-state index contributed by atoms with van der Waals surface area (Å²) in [5, 5.41) is 12.0. The van der Waals surface area contributed by atoms with E-state index >= 15 is 0 Å². The van der Waals surface area contributed by atoms with Gasteiger partial charge in [0.05, 0.1) is 12.2 Å². The van der Waals surface area contributed by atoms with Crippen molar-refractivity contribution in [1.29, 1.82) is 5.26 Å². The molecule has 0 aliphatic rings. The van der Waals surface area contributed by atoms with Crippen molar-refractivity contribution in [1.82, 2.24) is 0 Å². The first kappa shape index (κ1) is 20.9. The zero-order valence-electron chi connectivity index (χ0n) is 16.6. The summed E-state index contributed by atoms with van der Waals surface area (Å²) in [6.07, 6.45) is 1.55. The number of rotatable bonds is 5. The Morgan fingerprint density at radius 3 is 2.18 bits per heavy atom. The fourth-order valence-corrected chi connectivity index (χ4v) is 2.50. The Bertz CT molecular complexity index is 912. The molecule has 0 aromatic heterocycles. The maximum atomic E-state index is 12.4. The minimum absolute atomic E-state index is 0.00187. The molecule has 1 N–H and O–H groups in total. The van der Waals surface area contributed by atoms with Gasteiger partial charge in [-0.1, -0.05) is 45.0 Å². The molecule has 0 unspecified atom stereocenters. The number of nitriles is 1. The lowest BCUT2D eigenvalue weighted by Crippen LogP contribution is -2.14. The van der Waals surface area contributed by atoms with Crippen molar-refractivity contribution < 1.29 is 14.3 Å². The van der Waals surface area contributed by atoms with E-state index in [9.17, 15) is 14.9 Å². The number of benzene rings is 2. The maximum Gasteiger partial charge on any atom is 0.338 e. The Morgan fingerprint density at radius 2 is 1.68 bits per heavy atom. The predicted octanol–water partition coefficient (Wildman–Crippen LogP) is 4.71. The van der Waals surface area contributed by atoms with Crippen LogP contribution in [0.1, 0.15) is 49.2 Å². The summed E-state index contributed by atoms with van der Waals surface area (Å²) in [7, 11) is 0. The van der Waals surface area contributed by atoms with E-state index in [0.717, 1.165) is 5.56 Å². The van der Waals surface area contributed by atoms with E-state index in [2.05, 4.69) is 26.1 Å². The Morgan fingerprint density at radius 1 is 1.07 bits per heavy atom. The van der Waals surface area contributed by atoms with E-state index in [1.165, 1.54) is 5.56 Å². The minimum atomic E-state index is -0.508. The number of carbonyl (C=O) groups is 2. The molecule has 1 amide bonds. The predicted molar refractivity (Wildman–Crippen MR) is 110 cm³/mol. The summed E-state index contributed by atoms with van der Waals surface area (Å²) in [5.74, 6) is -0.928. The topological polar surface area (TPSA) is 79.2 Å². The van der Waals surface area contributed by atoms with E-state index in [1.807, 2.05) is 30.3 Å². The Kier molecular flexibility index (Phi) is 6.73. The fraction of sp³-hybridized carbons (Fsp3) is 0.261. The number of amides is 1. The molecule has 0 aliphatic heterocycles. The normalized spacial score (nSPS) is 11.5. The fourth-order valence-electron chi connectivity index (χ4n) is 2.50. The first-order chi connectivity index (χ1) is 13.2. The number of carbonyl (C=O) groups excluding carboxylic acids is 2. The molecule has 0 fully saturated rings. The molecule has 5 nitrogen and oxygen atoms in total. The van der Waals surface area contributed by atoms with Gasteiger partial charge in [-0.05, 0) is 53.8 Å². The number of esters is 1. The molecule has 0 atom stereocenters. The van der Waals surface area contributed by atoms with Gasteiger partial charge in [0.1, 0.15) is 11.6 Å². The minimum Gasteiger partial charge on any atom is -0.462 e. The summed E-state index contributed by atoms with van der Waals surface area (Å²) in [6, 6.07) is 16.0. The zero-order valence-corrected chi connectivity index (χ0v) is 16.6. The van der Waals surface area contributed by atoms with Crippen LogP contribution in [-0.2, 0) is 14.9 Å². The smallest absolute Gasteiger partial charge is 0.338 e. The molecule has 0 saturated carbocycles. The molecule has 2 aromatic carbocycles. The molecule has 2 aromatic rings. The van der Waals surface area contributed by atoms with Crippen LogP contribution in [0.15, 0.2) is 54.1 Å². The molecule has 0 saturated heterocycles. The third-order valence-corrected chi connectivity index (χ3v) is 4.11. The summed E-state index contributed by atoms with van der Waals surface area (Å²) in [5.41, 5.74) is 2.87. The van der Waals surface area contributed by atoms with Crippen LogP contribution in [0.25, 0.3) is 6.08 Å². The highest BCUT2D eigenvalue weighted by Crippen LogP contribution is 2.23. The monoisotopic (exact) mass is 376 g/mol. The van der Waals surface area contributed by atoms with Crippen molar-refractivity contribution in [3.63, 3.8) is 0 Å². The summed E-state index contributed by atoms with van der Waals surface area (Å²) >= 11 is 0. The lowest BCUT2D eigenvalue weighted by Gasteiger charge is -2.18. The second kappa shape index (κ2) is 9.01. The number of nitrogens with zero attached hydrogens (tertiary/aromatic N) is 1. The Balaban J connectivity index is 2.12. The number of hydrogen-bond donors (Lipinski definition) is 1. The molecule has 28 heavy (non-hydrogen) atoms. The van der Waals surface area contributed by atoms with Gasteiger partial charge in [-0.2, -0.15) is 5.26 Å². The van der Waals surface area contributed by atoms with Crippen molar-refractivity contribution in [2.45, 2.75) is 33.1 Å². The van der Waals surface area contributed by atoms with Crippen LogP contribution in [-0.4, -0.2) is 18.5 Å². The van der Waals surface area contributed by atoms with Crippen LogP contribution in [0.5, 0.6) is 0 Å². The largest absolute Gasteiger partial charge is 0.462 e. The van der Waals surface area contributed by atoms with Crippen LogP contribution in [0.2, 0.25) is 0 Å².